The van der Waals surface area contributed by atoms with E-state index in [0.717, 1.165) is 29.4 Å². The molecule has 0 atom stereocenters. The predicted molar refractivity (Wildman–Crippen MR) is 76.9 cm³/mol. The molecule has 1 aromatic carbocycles. The number of ether oxygens (including phenoxy) is 1. The molecule has 1 aliphatic heterocycles. The van der Waals surface area contributed by atoms with Gasteiger partial charge in [0.05, 0.1) is 12.1 Å². The molecule has 0 unspecified atom stereocenters. The molecule has 4 heteroatoms. The topological polar surface area (TPSA) is 44.1 Å². The van der Waals surface area contributed by atoms with Crippen LogP contribution in [-0.4, -0.2) is 22.1 Å². The summed E-state index contributed by atoms with van der Waals surface area (Å²) < 4.78 is 7.39. The van der Waals surface area contributed by atoms with Crippen LogP contribution in [0.1, 0.15) is 23.0 Å². The van der Waals surface area contributed by atoms with E-state index >= 15 is 0 Å². The maximum atomic E-state index is 12.0. The number of carbonyl (C=O) groups excluding carboxylic acids is 1. The molecular formula is C16H14N2O2. The number of fused-ring (bicyclic) bond motifs is 3. The summed E-state index contributed by atoms with van der Waals surface area (Å²) in [7, 11) is 0. The van der Waals surface area contributed by atoms with Gasteiger partial charge in [-0.1, -0.05) is 18.2 Å². The van der Waals surface area contributed by atoms with Crippen molar-refractivity contribution in [3.63, 3.8) is 0 Å². The van der Waals surface area contributed by atoms with Gasteiger partial charge in [-0.3, -0.25) is 0 Å². The van der Waals surface area contributed by atoms with Gasteiger partial charge in [0.25, 0.3) is 0 Å². The standard InChI is InChI=1S/C16H14N2O2/c1-2-20-16(19)14-11-7-8-18-13-6-4-3-5-10(13)12(9-17-14)15(11)18/h3-6,9H,2,7-8H2,1H3. The Balaban J connectivity index is 2.06. The number of nitrogens with zero attached hydrogens (tertiary/aromatic N) is 2. The third kappa shape index (κ3) is 1.36. The van der Waals surface area contributed by atoms with Gasteiger partial charge in [-0.15, -0.1) is 0 Å². The van der Waals surface area contributed by atoms with E-state index < -0.39 is 0 Å². The molecule has 3 aromatic rings. The van der Waals surface area contributed by atoms with Crippen molar-refractivity contribution in [3.05, 3.63) is 41.7 Å². The molecule has 4 rings (SSSR count). The molecule has 20 heavy (non-hydrogen) atoms. The molecule has 3 heterocycles. The van der Waals surface area contributed by atoms with Crippen LogP contribution in [-0.2, 0) is 17.7 Å². The number of aryl methyl sites for hydroxylation is 2. The summed E-state index contributed by atoms with van der Waals surface area (Å²) in [5, 5.41) is 2.33. The zero-order valence-corrected chi connectivity index (χ0v) is 11.2. The molecule has 0 spiro atoms. The molecule has 100 valence electrons. The number of pyridine rings is 1. The van der Waals surface area contributed by atoms with Crippen molar-refractivity contribution in [1.29, 1.82) is 0 Å². The van der Waals surface area contributed by atoms with Crippen LogP contribution in [0.3, 0.4) is 0 Å². The molecule has 0 fully saturated rings. The van der Waals surface area contributed by atoms with Crippen molar-refractivity contribution >= 4 is 27.8 Å². The fourth-order valence-electron chi connectivity index (χ4n) is 3.17. The van der Waals surface area contributed by atoms with E-state index in [1.54, 1.807) is 6.20 Å². The molecule has 0 N–H and O–H groups in total. The summed E-state index contributed by atoms with van der Waals surface area (Å²) in [6.45, 7) is 3.09. The van der Waals surface area contributed by atoms with Crippen LogP contribution in [0.15, 0.2) is 30.5 Å². The largest absolute Gasteiger partial charge is 0.461 e. The summed E-state index contributed by atoms with van der Waals surface area (Å²) in [6.07, 6.45) is 2.65. The van der Waals surface area contributed by atoms with Crippen molar-refractivity contribution in [2.45, 2.75) is 19.9 Å². The predicted octanol–water partition coefficient (Wildman–Crippen LogP) is 2.92. The first kappa shape index (κ1) is 11.5. The minimum absolute atomic E-state index is 0.317. The third-order valence-corrected chi connectivity index (χ3v) is 3.96. The summed E-state index contributed by atoms with van der Waals surface area (Å²) in [5.41, 5.74) is 3.85. The number of benzene rings is 1. The molecule has 0 amide bonds. The summed E-state index contributed by atoms with van der Waals surface area (Å²) in [5.74, 6) is -0.317. The Kier molecular flexibility index (Phi) is 2.33. The Morgan fingerprint density at radius 3 is 3.05 bits per heavy atom. The fourth-order valence-corrected chi connectivity index (χ4v) is 3.17. The third-order valence-electron chi connectivity index (χ3n) is 3.96. The SMILES string of the molecule is CCOC(=O)c1ncc2c3ccccc3n3c2c1CC3. The Labute approximate surface area is 116 Å². The first-order valence-corrected chi connectivity index (χ1v) is 6.87. The van der Waals surface area contributed by atoms with E-state index in [9.17, 15) is 4.79 Å². The maximum absolute atomic E-state index is 12.0. The Morgan fingerprint density at radius 2 is 2.20 bits per heavy atom. The van der Waals surface area contributed by atoms with Gasteiger partial charge in [0.2, 0.25) is 0 Å². The van der Waals surface area contributed by atoms with E-state index in [1.165, 1.54) is 10.9 Å². The van der Waals surface area contributed by atoms with Crippen LogP contribution in [0.25, 0.3) is 21.8 Å². The molecule has 0 saturated heterocycles. The molecular weight excluding hydrogens is 252 g/mol. The highest BCUT2D eigenvalue weighted by atomic mass is 16.5. The molecule has 4 nitrogen and oxygen atoms in total. The normalized spacial score (nSPS) is 13.2. The van der Waals surface area contributed by atoms with Gasteiger partial charge in [-0.05, 0) is 19.4 Å². The van der Waals surface area contributed by atoms with Gasteiger partial charge >= 0.3 is 5.97 Å². The Morgan fingerprint density at radius 1 is 1.35 bits per heavy atom. The number of para-hydroxylation sites is 1. The van der Waals surface area contributed by atoms with E-state index in [2.05, 4.69) is 21.7 Å². The second-order valence-electron chi connectivity index (χ2n) is 4.99. The van der Waals surface area contributed by atoms with Crippen molar-refractivity contribution in [3.8, 4) is 0 Å². The number of hydrogen-bond acceptors (Lipinski definition) is 3. The van der Waals surface area contributed by atoms with Gasteiger partial charge in [0.1, 0.15) is 0 Å². The average molecular weight is 266 g/mol. The number of rotatable bonds is 2. The second-order valence-corrected chi connectivity index (χ2v) is 4.99. The maximum Gasteiger partial charge on any atom is 0.357 e. The summed E-state index contributed by atoms with van der Waals surface area (Å²) in [4.78, 5) is 16.4. The minimum atomic E-state index is -0.317. The minimum Gasteiger partial charge on any atom is -0.461 e. The first-order valence-electron chi connectivity index (χ1n) is 6.87. The first-order chi connectivity index (χ1) is 9.81. The zero-order valence-electron chi connectivity index (χ0n) is 11.2. The second kappa shape index (κ2) is 4.07. The molecule has 0 bridgehead atoms. The summed E-state index contributed by atoms with van der Waals surface area (Å²) >= 11 is 0. The molecule has 1 aliphatic rings. The van der Waals surface area contributed by atoms with Crippen LogP contribution in [0.2, 0.25) is 0 Å². The van der Waals surface area contributed by atoms with Crippen molar-refractivity contribution in [2.24, 2.45) is 0 Å². The van der Waals surface area contributed by atoms with Gasteiger partial charge in [0, 0.05) is 34.6 Å². The highest BCUT2D eigenvalue weighted by molar-refractivity contribution is 6.11. The fraction of sp³-hybridized carbons (Fsp3) is 0.250. The van der Waals surface area contributed by atoms with Crippen molar-refractivity contribution in [1.82, 2.24) is 9.55 Å². The quantitative estimate of drug-likeness (QED) is 0.670. The highest BCUT2D eigenvalue weighted by Crippen LogP contribution is 2.36. The van der Waals surface area contributed by atoms with Crippen LogP contribution < -0.4 is 0 Å². The van der Waals surface area contributed by atoms with E-state index in [-0.39, 0.29) is 5.97 Å². The molecule has 2 aromatic heterocycles. The number of carbonyl (C=O) groups is 1. The lowest BCUT2D eigenvalue weighted by Gasteiger charge is -2.05. The van der Waals surface area contributed by atoms with Gasteiger partial charge in [0.15, 0.2) is 5.69 Å². The van der Waals surface area contributed by atoms with Crippen LogP contribution in [0.4, 0.5) is 0 Å². The lowest BCUT2D eigenvalue weighted by atomic mass is 10.1. The van der Waals surface area contributed by atoms with Gasteiger partial charge in [-0.25, -0.2) is 9.78 Å². The van der Waals surface area contributed by atoms with Crippen molar-refractivity contribution < 1.29 is 9.53 Å². The highest BCUT2D eigenvalue weighted by Gasteiger charge is 2.25. The van der Waals surface area contributed by atoms with E-state index in [0.29, 0.717) is 12.3 Å². The molecule has 0 radical (unpaired) electrons. The van der Waals surface area contributed by atoms with Crippen molar-refractivity contribution in [2.75, 3.05) is 6.61 Å². The van der Waals surface area contributed by atoms with Crippen LogP contribution in [0, 0.1) is 0 Å². The van der Waals surface area contributed by atoms with Gasteiger partial charge < -0.3 is 9.30 Å². The number of hydrogen-bond donors (Lipinski definition) is 0. The summed E-state index contributed by atoms with van der Waals surface area (Å²) in [6, 6.07) is 8.30. The lowest BCUT2D eigenvalue weighted by Crippen LogP contribution is -2.10. The Hall–Kier alpha value is -2.36. The monoisotopic (exact) mass is 266 g/mol. The number of esters is 1. The van der Waals surface area contributed by atoms with E-state index in [4.69, 9.17) is 4.74 Å². The number of aromatic nitrogens is 2. The average Bonchev–Trinajstić information content (AvgIpc) is 3.04. The van der Waals surface area contributed by atoms with Gasteiger partial charge in [-0.2, -0.15) is 0 Å². The van der Waals surface area contributed by atoms with Crippen LogP contribution >= 0.6 is 0 Å². The smallest absolute Gasteiger partial charge is 0.357 e. The van der Waals surface area contributed by atoms with Crippen LogP contribution in [0.5, 0.6) is 0 Å². The van der Waals surface area contributed by atoms with E-state index in [1.807, 2.05) is 19.1 Å². The zero-order chi connectivity index (χ0) is 13.7. The Bertz CT molecular complexity index is 848. The molecule has 0 aliphatic carbocycles. The molecule has 0 saturated carbocycles. The lowest BCUT2D eigenvalue weighted by molar-refractivity contribution is 0.0518.